The highest BCUT2D eigenvalue weighted by Gasteiger charge is 2.17. The van der Waals surface area contributed by atoms with Gasteiger partial charge in [-0.3, -0.25) is 10.1 Å². The second-order valence-corrected chi connectivity index (χ2v) is 5.10. The van der Waals surface area contributed by atoms with E-state index in [1.54, 1.807) is 19.5 Å². The van der Waals surface area contributed by atoms with Crippen molar-refractivity contribution in [2.24, 2.45) is 5.73 Å². The number of hydrogen-bond donors (Lipinski definition) is 2. The second kappa shape index (κ2) is 7.10. The Labute approximate surface area is 139 Å². The Morgan fingerprint density at radius 3 is 2.67 bits per heavy atom. The summed E-state index contributed by atoms with van der Waals surface area (Å²) in [6.07, 6.45) is 3.39. The number of aromatic nitrogens is 4. The molecule has 0 spiro atoms. The number of ether oxygens (including phenoxy) is 2. The lowest BCUT2D eigenvalue weighted by molar-refractivity contribution is 0.310. The zero-order chi connectivity index (χ0) is 16.9. The van der Waals surface area contributed by atoms with Gasteiger partial charge in [-0.1, -0.05) is 6.07 Å². The molecule has 7 heteroatoms. The molecule has 3 N–H and O–H groups in total. The number of nitrogens with one attached hydrogen (secondary N) is 1. The molecule has 0 saturated carbocycles. The zero-order valence-electron chi connectivity index (χ0n) is 13.6. The molecule has 0 radical (unpaired) electrons. The summed E-state index contributed by atoms with van der Waals surface area (Å²) in [5.41, 5.74) is 8.05. The number of rotatable bonds is 6. The highest BCUT2D eigenvalue weighted by atomic mass is 16.5. The van der Waals surface area contributed by atoms with Gasteiger partial charge in [0.2, 0.25) is 0 Å². The summed E-state index contributed by atoms with van der Waals surface area (Å²) in [5.74, 6) is 2.48. The van der Waals surface area contributed by atoms with Crippen LogP contribution in [0.2, 0.25) is 0 Å². The Kier molecular flexibility index (Phi) is 4.72. The molecule has 0 fully saturated rings. The largest absolute Gasteiger partial charge is 0.493 e. The van der Waals surface area contributed by atoms with E-state index in [2.05, 4.69) is 20.2 Å². The summed E-state index contributed by atoms with van der Waals surface area (Å²) < 4.78 is 10.9. The normalized spacial score (nSPS) is 12.0. The monoisotopic (exact) mass is 325 g/mol. The summed E-state index contributed by atoms with van der Waals surface area (Å²) in [6.45, 7) is 2.49. The van der Waals surface area contributed by atoms with Gasteiger partial charge in [0, 0.05) is 18.0 Å². The maximum atomic E-state index is 6.31. The van der Waals surface area contributed by atoms with Crippen LogP contribution in [0.3, 0.4) is 0 Å². The van der Waals surface area contributed by atoms with Crippen molar-refractivity contribution in [3.63, 3.8) is 0 Å². The summed E-state index contributed by atoms with van der Waals surface area (Å²) in [4.78, 5) is 8.47. The minimum Gasteiger partial charge on any atom is -0.493 e. The van der Waals surface area contributed by atoms with Crippen LogP contribution >= 0.6 is 0 Å². The van der Waals surface area contributed by atoms with Gasteiger partial charge in [-0.25, -0.2) is 4.98 Å². The molecule has 3 aromatic rings. The van der Waals surface area contributed by atoms with Crippen molar-refractivity contribution < 1.29 is 9.47 Å². The van der Waals surface area contributed by atoms with E-state index >= 15 is 0 Å². The summed E-state index contributed by atoms with van der Waals surface area (Å²) in [6, 6.07) is 8.84. The third-order valence-corrected chi connectivity index (χ3v) is 3.58. The van der Waals surface area contributed by atoms with E-state index in [1.165, 1.54) is 0 Å². The molecule has 0 saturated heterocycles. The first-order chi connectivity index (χ1) is 11.7. The van der Waals surface area contributed by atoms with Gasteiger partial charge in [-0.05, 0) is 36.8 Å². The zero-order valence-corrected chi connectivity index (χ0v) is 13.6. The topological polar surface area (TPSA) is 98.9 Å². The van der Waals surface area contributed by atoms with Crippen molar-refractivity contribution in [1.29, 1.82) is 0 Å². The van der Waals surface area contributed by atoms with Crippen LogP contribution in [-0.4, -0.2) is 33.9 Å². The fourth-order valence-electron chi connectivity index (χ4n) is 2.35. The van der Waals surface area contributed by atoms with Crippen molar-refractivity contribution in [3.8, 4) is 22.9 Å². The summed E-state index contributed by atoms with van der Waals surface area (Å²) in [5, 5.41) is 7.12. The lowest BCUT2D eigenvalue weighted by Crippen LogP contribution is -2.14. The number of aromatic amines is 1. The average Bonchev–Trinajstić information content (AvgIpc) is 3.12. The molecule has 124 valence electrons. The quantitative estimate of drug-likeness (QED) is 0.721. The van der Waals surface area contributed by atoms with Crippen LogP contribution in [0, 0.1) is 0 Å². The van der Waals surface area contributed by atoms with Gasteiger partial charge < -0.3 is 15.2 Å². The molecule has 0 amide bonds. The number of nitrogens with two attached hydrogens (primary N) is 1. The van der Waals surface area contributed by atoms with Gasteiger partial charge in [0.15, 0.2) is 17.3 Å². The van der Waals surface area contributed by atoms with Crippen molar-refractivity contribution in [2.75, 3.05) is 13.7 Å². The van der Waals surface area contributed by atoms with E-state index in [9.17, 15) is 0 Å². The Morgan fingerprint density at radius 1 is 1.17 bits per heavy atom. The van der Waals surface area contributed by atoms with Crippen molar-refractivity contribution in [1.82, 2.24) is 20.2 Å². The number of benzene rings is 1. The lowest BCUT2D eigenvalue weighted by atomic mass is 10.1. The standard InChI is InChI=1S/C17H19N5O2/c1-3-24-13-5-4-12(10-14(13)23-2)15(18)17-20-16(21-22-17)11-6-8-19-9-7-11/h4-10,15H,3,18H2,1-2H3,(H,20,21,22)/t15-/m1/s1. The van der Waals surface area contributed by atoms with Crippen LogP contribution in [0.5, 0.6) is 11.5 Å². The maximum Gasteiger partial charge on any atom is 0.181 e. The lowest BCUT2D eigenvalue weighted by Gasteiger charge is -2.13. The minimum absolute atomic E-state index is 0.447. The minimum atomic E-state index is -0.447. The van der Waals surface area contributed by atoms with Crippen LogP contribution < -0.4 is 15.2 Å². The maximum absolute atomic E-state index is 6.31. The third kappa shape index (κ3) is 3.21. The van der Waals surface area contributed by atoms with Crippen LogP contribution in [0.25, 0.3) is 11.4 Å². The molecule has 2 aromatic heterocycles. The van der Waals surface area contributed by atoms with Gasteiger partial charge in [-0.2, -0.15) is 5.10 Å². The van der Waals surface area contributed by atoms with E-state index < -0.39 is 6.04 Å². The molecule has 24 heavy (non-hydrogen) atoms. The molecular formula is C17H19N5O2. The predicted octanol–water partition coefficient (Wildman–Crippen LogP) is 2.32. The van der Waals surface area contributed by atoms with Crippen LogP contribution in [0.15, 0.2) is 42.7 Å². The van der Waals surface area contributed by atoms with Crippen LogP contribution in [-0.2, 0) is 0 Å². The SMILES string of the molecule is CCOc1ccc([C@@H](N)c2nc(-c3ccncc3)n[nH]2)cc1OC. The number of nitrogens with zero attached hydrogens (tertiary/aromatic N) is 3. The van der Waals surface area contributed by atoms with Crippen LogP contribution in [0.4, 0.5) is 0 Å². The third-order valence-electron chi connectivity index (χ3n) is 3.58. The molecule has 2 heterocycles. The van der Waals surface area contributed by atoms with Gasteiger partial charge in [0.25, 0.3) is 0 Å². The molecule has 0 unspecified atom stereocenters. The number of methoxy groups -OCH3 is 1. The predicted molar refractivity (Wildman–Crippen MR) is 89.8 cm³/mol. The van der Waals surface area contributed by atoms with E-state index in [4.69, 9.17) is 15.2 Å². The molecular weight excluding hydrogens is 306 g/mol. The van der Waals surface area contributed by atoms with Gasteiger partial charge in [-0.15, -0.1) is 0 Å². The first-order valence-corrected chi connectivity index (χ1v) is 7.62. The van der Waals surface area contributed by atoms with Crippen molar-refractivity contribution in [3.05, 3.63) is 54.1 Å². The number of hydrogen-bond acceptors (Lipinski definition) is 6. The first kappa shape index (κ1) is 15.9. The fraction of sp³-hybridized carbons (Fsp3) is 0.235. The number of pyridine rings is 1. The Hall–Kier alpha value is -2.93. The molecule has 0 bridgehead atoms. The Balaban J connectivity index is 1.87. The summed E-state index contributed by atoms with van der Waals surface area (Å²) >= 11 is 0. The van der Waals surface area contributed by atoms with E-state index in [0.717, 1.165) is 11.1 Å². The smallest absolute Gasteiger partial charge is 0.181 e. The first-order valence-electron chi connectivity index (χ1n) is 7.62. The molecule has 7 nitrogen and oxygen atoms in total. The molecule has 0 aliphatic carbocycles. The molecule has 0 aliphatic heterocycles. The van der Waals surface area contributed by atoms with Crippen molar-refractivity contribution in [2.45, 2.75) is 13.0 Å². The second-order valence-electron chi connectivity index (χ2n) is 5.10. The Bertz CT molecular complexity index is 804. The Morgan fingerprint density at radius 2 is 1.96 bits per heavy atom. The van der Waals surface area contributed by atoms with E-state index in [0.29, 0.717) is 29.8 Å². The number of H-pyrrole nitrogens is 1. The van der Waals surface area contributed by atoms with Gasteiger partial charge >= 0.3 is 0 Å². The summed E-state index contributed by atoms with van der Waals surface area (Å²) in [7, 11) is 1.60. The van der Waals surface area contributed by atoms with E-state index in [-0.39, 0.29) is 0 Å². The van der Waals surface area contributed by atoms with Gasteiger partial charge in [0.1, 0.15) is 5.82 Å². The highest BCUT2D eigenvalue weighted by molar-refractivity contribution is 5.53. The van der Waals surface area contributed by atoms with Crippen molar-refractivity contribution >= 4 is 0 Å². The highest BCUT2D eigenvalue weighted by Crippen LogP contribution is 2.31. The molecule has 1 atom stereocenters. The fourth-order valence-corrected chi connectivity index (χ4v) is 2.35. The molecule has 3 rings (SSSR count). The molecule has 1 aromatic carbocycles. The molecule has 0 aliphatic rings. The van der Waals surface area contributed by atoms with Gasteiger partial charge in [0.05, 0.1) is 19.8 Å². The average molecular weight is 325 g/mol. The van der Waals surface area contributed by atoms with E-state index in [1.807, 2.05) is 37.3 Å². The van der Waals surface area contributed by atoms with Crippen LogP contribution in [0.1, 0.15) is 24.4 Å².